The van der Waals surface area contributed by atoms with Gasteiger partial charge in [-0.05, 0) is 43.3 Å². The molecule has 18 heavy (non-hydrogen) atoms. The molecule has 0 aliphatic rings. The van der Waals surface area contributed by atoms with E-state index < -0.39 is 0 Å². The molecule has 0 heterocycles. The van der Waals surface area contributed by atoms with E-state index in [1.807, 2.05) is 19.1 Å². The Balaban J connectivity index is 2.11. The molecule has 2 aromatic rings. The molecule has 0 atom stereocenters. The third-order valence-electron chi connectivity index (χ3n) is 2.40. The Kier molecular flexibility index (Phi) is 3.48. The van der Waals surface area contributed by atoms with E-state index in [4.69, 9.17) is 5.11 Å². The fourth-order valence-electron chi connectivity index (χ4n) is 1.38. The van der Waals surface area contributed by atoms with Gasteiger partial charge in [-0.3, -0.25) is 4.79 Å². The third kappa shape index (κ3) is 3.01. The van der Waals surface area contributed by atoms with E-state index in [0.717, 1.165) is 5.56 Å². The number of azo groups is 1. The van der Waals surface area contributed by atoms with Crippen LogP contribution in [0.25, 0.3) is 0 Å². The summed E-state index contributed by atoms with van der Waals surface area (Å²) < 4.78 is 0. The summed E-state index contributed by atoms with van der Waals surface area (Å²) in [6, 6.07) is 13.3. The van der Waals surface area contributed by atoms with Crippen molar-refractivity contribution in [2.75, 3.05) is 0 Å². The lowest BCUT2D eigenvalue weighted by Crippen LogP contribution is -1.92. The maximum absolute atomic E-state index is 11.7. The summed E-state index contributed by atoms with van der Waals surface area (Å²) in [6.45, 7) is 1.95. The smallest absolute Gasteiger partial charge is 0.295 e. The molecule has 0 spiro atoms. The molecule has 1 N–H and O–H groups in total. The number of nitrogens with zero attached hydrogens (tertiary/aromatic N) is 2. The summed E-state index contributed by atoms with van der Waals surface area (Å²) in [5.41, 5.74) is 2.11. The van der Waals surface area contributed by atoms with Crippen molar-refractivity contribution in [3.63, 3.8) is 0 Å². The summed E-state index contributed by atoms with van der Waals surface area (Å²) >= 11 is 0. The van der Waals surface area contributed by atoms with E-state index in [2.05, 4.69) is 10.2 Å². The van der Waals surface area contributed by atoms with Crippen molar-refractivity contribution >= 4 is 11.6 Å². The predicted octanol–water partition coefficient (Wildman–Crippen LogP) is 3.62. The molecule has 90 valence electrons. The van der Waals surface area contributed by atoms with Gasteiger partial charge in [-0.25, -0.2) is 0 Å². The highest BCUT2D eigenvalue weighted by Gasteiger charge is 2.02. The molecular weight excluding hydrogens is 228 g/mol. The number of phenolic OH excluding ortho intramolecular Hbond substituents is 1. The summed E-state index contributed by atoms with van der Waals surface area (Å²) in [7, 11) is 0. The second-order valence-electron chi connectivity index (χ2n) is 3.89. The number of hydrogen-bond donors (Lipinski definition) is 1. The number of rotatable bonds is 2. The average Bonchev–Trinajstić information content (AvgIpc) is 2.38. The van der Waals surface area contributed by atoms with Crippen LogP contribution in [0.4, 0.5) is 5.69 Å². The maximum Gasteiger partial charge on any atom is 0.295 e. The lowest BCUT2D eigenvalue weighted by atomic mass is 10.1. The summed E-state index contributed by atoms with van der Waals surface area (Å²) in [5, 5.41) is 16.5. The Labute approximate surface area is 105 Å². The number of carbonyl (C=O) groups excluding carboxylic acids is 1. The van der Waals surface area contributed by atoms with Crippen molar-refractivity contribution in [1.29, 1.82) is 0 Å². The highest BCUT2D eigenvalue weighted by Crippen LogP contribution is 2.17. The van der Waals surface area contributed by atoms with Crippen molar-refractivity contribution in [1.82, 2.24) is 0 Å². The first-order valence-corrected chi connectivity index (χ1v) is 5.47. The minimum absolute atomic E-state index is 0.152. The quantitative estimate of drug-likeness (QED) is 0.815. The van der Waals surface area contributed by atoms with Crippen LogP contribution in [0.2, 0.25) is 0 Å². The molecule has 1 amide bonds. The van der Waals surface area contributed by atoms with Gasteiger partial charge >= 0.3 is 0 Å². The van der Waals surface area contributed by atoms with Crippen LogP contribution < -0.4 is 0 Å². The van der Waals surface area contributed by atoms with Crippen LogP contribution >= 0.6 is 0 Å². The zero-order valence-corrected chi connectivity index (χ0v) is 9.87. The maximum atomic E-state index is 11.7. The van der Waals surface area contributed by atoms with Gasteiger partial charge < -0.3 is 5.11 Å². The Hall–Kier alpha value is -2.49. The number of aromatic hydroxyl groups is 1. The summed E-state index contributed by atoms with van der Waals surface area (Å²) in [6.07, 6.45) is 0. The van der Waals surface area contributed by atoms with Crippen LogP contribution in [-0.4, -0.2) is 11.0 Å². The molecule has 0 aliphatic heterocycles. The molecule has 0 aromatic heterocycles. The zero-order chi connectivity index (χ0) is 13.0. The van der Waals surface area contributed by atoms with Crippen LogP contribution in [0.3, 0.4) is 0 Å². The van der Waals surface area contributed by atoms with E-state index in [0.29, 0.717) is 11.3 Å². The van der Waals surface area contributed by atoms with Crippen LogP contribution in [0.5, 0.6) is 5.75 Å². The van der Waals surface area contributed by atoms with E-state index in [1.165, 1.54) is 12.1 Å². The predicted molar refractivity (Wildman–Crippen MR) is 68.1 cm³/mol. The topological polar surface area (TPSA) is 62.0 Å². The van der Waals surface area contributed by atoms with Gasteiger partial charge in [0.1, 0.15) is 5.75 Å². The highest BCUT2D eigenvalue weighted by molar-refractivity contribution is 5.94. The monoisotopic (exact) mass is 240 g/mol. The van der Waals surface area contributed by atoms with E-state index >= 15 is 0 Å². The van der Waals surface area contributed by atoms with Crippen molar-refractivity contribution < 1.29 is 9.90 Å². The number of aryl methyl sites for hydroxylation is 1. The van der Waals surface area contributed by atoms with Crippen LogP contribution in [0.1, 0.15) is 15.9 Å². The number of amides is 1. The molecule has 4 nitrogen and oxygen atoms in total. The number of carbonyl (C=O) groups is 1. The molecule has 0 saturated heterocycles. The molecule has 0 unspecified atom stereocenters. The Bertz CT molecular complexity index is 572. The second kappa shape index (κ2) is 5.23. The average molecular weight is 240 g/mol. The Morgan fingerprint density at radius 2 is 1.61 bits per heavy atom. The van der Waals surface area contributed by atoms with Crippen LogP contribution in [0.15, 0.2) is 58.8 Å². The largest absolute Gasteiger partial charge is 0.508 e. The number of benzene rings is 2. The Morgan fingerprint density at radius 3 is 2.22 bits per heavy atom. The van der Waals surface area contributed by atoms with Gasteiger partial charge in [-0.2, -0.15) is 0 Å². The molecular formula is C14H12N2O2. The fraction of sp³-hybridized carbons (Fsp3) is 0.0714. The van der Waals surface area contributed by atoms with Gasteiger partial charge in [0.15, 0.2) is 0 Å². The van der Waals surface area contributed by atoms with Crippen LogP contribution in [-0.2, 0) is 0 Å². The zero-order valence-electron chi connectivity index (χ0n) is 9.87. The van der Waals surface area contributed by atoms with Gasteiger partial charge in [0.2, 0.25) is 0 Å². The van der Waals surface area contributed by atoms with Crippen molar-refractivity contribution in [2.45, 2.75) is 6.92 Å². The molecule has 0 bridgehead atoms. The van der Waals surface area contributed by atoms with Gasteiger partial charge in [0, 0.05) is 5.56 Å². The van der Waals surface area contributed by atoms with Gasteiger partial charge in [-0.15, -0.1) is 10.2 Å². The molecule has 0 fully saturated rings. The Morgan fingerprint density at radius 1 is 1.00 bits per heavy atom. The SMILES string of the molecule is Cc1ccc(C(=O)N=Nc2ccc(O)cc2)cc1. The molecule has 2 aromatic carbocycles. The third-order valence-corrected chi connectivity index (χ3v) is 2.40. The minimum atomic E-state index is -0.386. The number of hydrogen-bond acceptors (Lipinski definition) is 3. The molecule has 0 radical (unpaired) electrons. The first-order valence-electron chi connectivity index (χ1n) is 5.47. The lowest BCUT2D eigenvalue weighted by molar-refractivity contribution is 0.0995. The summed E-state index contributed by atoms with van der Waals surface area (Å²) in [4.78, 5) is 11.7. The first kappa shape index (κ1) is 12.0. The van der Waals surface area contributed by atoms with Crippen molar-refractivity contribution in [2.24, 2.45) is 10.2 Å². The van der Waals surface area contributed by atoms with E-state index in [1.54, 1.807) is 24.3 Å². The van der Waals surface area contributed by atoms with E-state index in [-0.39, 0.29) is 11.7 Å². The van der Waals surface area contributed by atoms with Crippen molar-refractivity contribution in [3.8, 4) is 5.75 Å². The first-order chi connectivity index (χ1) is 8.65. The lowest BCUT2D eigenvalue weighted by Gasteiger charge is -1.96. The van der Waals surface area contributed by atoms with Crippen molar-refractivity contribution in [3.05, 3.63) is 59.7 Å². The van der Waals surface area contributed by atoms with E-state index in [9.17, 15) is 4.79 Å². The standard InChI is InChI=1S/C14H12N2O2/c1-10-2-4-11(5-3-10)14(18)16-15-12-6-8-13(17)9-7-12/h2-9,17H,1H3. The fourth-order valence-corrected chi connectivity index (χ4v) is 1.38. The molecule has 2 rings (SSSR count). The second-order valence-corrected chi connectivity index (χ2v) is 3.89. The summed E-state index contributed by atoms with van der Waals surface area (Å²) in [5.74, 6) is -0.234. The van der Waals surface area contributed by atoms with Crippen LogP contribution in [0, 0.1) is 6.92 Å². The molecule has 4 heteroatoms. The van der Waals surface area contributed by atoms with Gasteiger partial charge in [0.05, 0.1) is 5.69 Å². The van der Waals surface area contributed by atoms with Gasteiger partial charge in [-0.1, -0.05) is 17.7 Å². The normalized spacial score (nSPS) is 10.7. The van der Waals surface area contributed by atoms with Gasteiger partial charge in [0.25, 0.3) is 5.91 Å². The highest BCUT2D eigenvalue weighted by atomic mass is 16.3. The molecule has 0 aliphatic carbocycles. The molecule has 0 saturated carbocycles. The minimum Gasteiger partial charge on any atom is -0.508 e. The number of phenols is 1.